The Morgan fingerprint density at radius 1 is 1.55 bits per heavy atom. The highest BCUT2D eigenvalue weighted by atomic mass is 16.3. The van der Waals surface area contributed by atoms with Crippen LogP contribution >= 0.6 is 0 Å². The quantitative estimate of drug-likeness (QED) is 0.643. The van der Waals surface area contributed by atoms with E-state index in [9.17, 15) is 5.11 Å². The minimum absolute atomic E-state index is 0.126. The average molecular weight is 155 g/mol. The highest BCUT2D eigenvalue weighted by Crippen LogP contribution is 2.38. The summed E-state index contributed by atoms with van der Waals surface area (Å²) in [6.07, 6.45) is 5.17. The van der Waals surface area contributed by atoms with E-state index in [0.717, 1.165) is 6.04 Å². The van der Waals surface area contributed by atoms with Crippen molar-refractivity contribution in [3.8, 4) is 0 Å². The van der Waals surface area contributed by atoms with Crippen LogP contribution in [0, 0.1) is 0 Å². The average Bonchev–Trinajstić information content (AvgIpc) is 2.77. The smallest absolute Gasteiger partial charge is 0.0612 e. The summed E-state index contributed by atoms with van der Waals surface area (Å²) in [5.41, 5.74) is 0.126. The molecule has 1 N–H and O–H groups in total. The first-order valence-corrected chi connectivity index (χ1v) is 4.64. The second kappa shape index (κ2) is 2.46. The minimum atomic E-state index is 0.126. The molecule has 1 heterocycles. The van der Waals surface area contributed by atoms with Gasteiger partial charge in [0.05, 0.1) is 6.61 Å². The SMILES string of the molecule is C[C@]1(CO)CCCN1C1CC1. The lowest BCUT2D eigenvalue weighted by Crippen LogP contribution is -2.45. The monoisotopic (exact) mass is 155 g/mol. The van der Waals surface area contributed by atoms with Gasteiger partial charge in [-0.05, 0) is 39.2 Å². The zero-order valence-electron chi connectivity index (χ0n) is 7.21. The molecule has 11 heavy (non-hydrogen) atoms. The molecule has 0 spiro atoms. The summed E-state index contributed by atoms with van der Waals surface area (Å²) in [6, 6.07) is 0.814. The predicted octanol–water partition coefficient (Wildman–Crippen LogP) is 0.996. The second-order valence-electron chi connectivity index (χ2n) is 4.18. The lowest BCUT2D eigenvalue weighted by molar-refractivity contribution is 0.0730. The van der Waals surface area contributed by atoms with E-state index in [1.165, 1.54) is 32.2 Å². The van der Waals surface area contributed by atoms with Crippen molar-refractivity contribution in [3.63, 3.8) is 0 Å². The standard InChI is InChI=1S/C9H17NO/c1-9(7-11)5-2-6-10(9)8-3-4-8/h8,11H,2-7H2,1H3/t9-/m1/s1. The molecule has 0 aromatic carbocycles. The van der Waals surface area contributed by atoms with Crippen molar-refractivity contribution < 1.29 is 5.11 Å². The fraction of sp³-hybridized carbons (Fsp3) is 1.00. The molecule has 1 aliphatic heterocycles. The maximum atomic E-state index is 9.23. The van der Waals surface area contributed by atoms with Crippen molar-refractivity contribution in [1.29, 1.82) is 0 Å². The van der Waals surface area contributed by atoms with Gasteiger partial charge in [-0.15, -0.1) is 0 Å². The van der Waals surface area contributed by atoms with Gasteiger partial charge in [-0.3, -0.25) is 4.90 Å². The fourth-order valence-electron chi connectivity index (χ4n) is 2.22. The maximum absolute atomic E-state index is 9.23. The van der Waals surface area contributed by atoms with Crippen LogP contribution in [0.15, 0.2) is 0 Å². The summed E-state index contributed by atoms with van der Waals surface area (Å²) in [6.45, 7) is 3.74. The molecule has 64 valence electrons. The van der Waals surface area contributed by atoms with Crippen molar-refractivity contribution in [2.75, 3.05) is 13.2 Å². The van der Waals surface area contributed by atoms with Crippen molar-refractivity contribution in [2.24, 2.45) is 0 Å². The Balaban J connectivity index is 2.05. The molecule has 0 aromatic rings. The van der Waals surface area contributed by atoms with E-state index in [-0.39, 0.29) is 5.54 Å². The van der Waals surface area contributed by atoms with E-state index >= 15 is 0 Å². The first kappa shape index (κ1) is 7.56. The Hall–Kier alpha value is -0.0800. The summed E-state index contributed by atoms with van der Waals surface area (Å²) in [5.74, 6) is 0. The van der Waals surface area contributed by atoms with Crippen molar-refractivity contribution in [3.05, 3.63) is 0 Å². The zero-order chi connectivity index (χ0) is 7.90. The van der Waals surface area contributed by atoms with Crippen LogP contribution in [-0.2, 0) is 0 Å². The van der Waals surface area contributed by atoms with E-state index in [2.05, 4.69) is 11.8 Å². The van der Waals surface area contributed by atoms with Crippen LogP contribution in [0.2, 0.25) is 0 Å². The molecule has 2 heteroatoms. The molecule has 0 bridgehead atoms. The Kier molecular flexibility index (Phi) is 1.69. The van der Waals surface area contributed by atoms with Crippen LogP contribution in [0.4, 0.5) is 0 Å². The van der Waals surface area contributed by atoms with Crippen LogP contribution in [0.25, 0.3) is 0 Å². The minimum Gasteiger partial charge on any atom is -0.394 e. The van der Waals surface area contributed by atoms with Crippen LogP contribution in [0.1, 0.15) is 32.6 Å². The van der Waals surface area contributed by atoms with E-state index < -0.39 is 0 Å². The third-order valence-corrected chi connectivity index (χ3v) is 3.14. The zero-order valence-corrected chi connectivity index (χ0v) is 7.21. The third-order valence-electron chi connectivity index (χ3n) is 3.14. The number of aliphatic hydroxyl groups excluding tert-OH is 1. The topological polar surface area (TPSA) is 23.5 Å². The number of rotatable bonds is 2. The third kappa shape index (κ3) is 1.18. The van der Waals surface area contributed by atoms with E-state index in [1.54, 1.807) is 0 Å². The Morgan fingerprint density at radius 3 is 2.82 bits per heavy atom. The number of aliphatic hydroxyl groups is 1. The van der Waals surface area contributed by atoms with Gasteiger partial charge in [0.2, 0.25) is 0 Å². The van der Waals surface area contributed by atoms with E-state index in [4.69, 9.17) is 0 Å². The first-order valence-electron chi connectivity index (χ1n) is 4.64. The number of nitrogens with zero attached hydrogens (tertiary/aromatic N) is 1. The van der Waals surface area contributed by atoms with Crippen molar-refractivity contribution >= 4 is 0 Å². The molecule has 2 aliphatic rings. The van der Waals surface area contributed by atoms with Gasteiger partial charge in [0.15, 0.2) is 0 Å². The first-order chi connectivity index (χ1) is 5.26. The Morgan fingerprint density at radius 2 is 2.27 bits per heavy atom. The van der Waals surface area contributed by atoms with Crippen molar-refractivity contribution in [1.82, 2.24) is 4.90 Å². The van der Waals surface area contributed by atoms with Crippen LogP contribution in [-0.4, -0.2) is 34.7 Å². The second-order valence-corrected chi connectivity index (χ2v) is 4.18. The molecule has 0 amide bonds. The molecular formula is C9H17NO. The molecule has 2 rings (SSSR count). The number of likely N-dealkylation sites (tertiary alicyclic amines) is 1. The number of hydrogen-bond donors (Lipinski definition) is 1. The van der Waals surface area contributed by atoms with Gasteiger partial charge < -0.3 is 5.11 Å². The highest BCUT2D eigenvalue weighted by Gasteiger charge is 2.43. The summed E-state index contributed by atoms with van der Waals surface area (Å²) < 4.78 is 0. The van der Waals surface area contributed by atoms with Gasteiger partial charge in [0, 0.05) is 11.6 Å². The lowest BCUT2D eigenvalue weighted by atomic mass is 10.0. The molecule has 2 nitrogen and oxygen atoms in total. The summed E-state index contributed by atoms with van der Waals surface area (Å²) in [5, 5.41) is 9.23. The fourth-order valence-corrected chi connectivity index (χ4v) is 2.22. The molecule has 2 fully saturated rings. The van der Waals surface area contributed by atoms with Crippen molar-refractivity contribution in [2.45, 2.75) is 44.2 Å². The van der Waals surface area contributed by atoms with Crippen LogP contribution in [0.3, 0.4) is 0 Å². The predicted molar refractivity (Wildman–Crippen MR) is 44.5 cm³/mol. The van der Waals surface area contributed by atoms with Crippen LogP contribution < -0.4 is 0 Å². The largest absolute Gasteiger partial charge is 0.394 e. The van der Waals surface area contributed by atoms with E-state index in [1.807, 2.05) is 0 Å². The molecule has 1 saturated carbocycles. The number of hydrogen-bond acceptors (Lipinski definition) is 2. The maximum Gasteiger partial charge on any atom is 0.0612 e. The molecule has 0 aromatic heterocycles. The van der Waals surface area contributed by atoms with Crippen LogP contribution in [0.5, 0.6) is 0 Å². The van der Waals surface area contributed by atoms with E-state index in [0.29, 0.717) is 6.61 Å². The van der Waals surface area contributed by atoms with Gasteiger partial charge >= 0.3 is 0 Å². The summed E-state index contributed by atoms with van der Waals surface area (Å²) in [4.78, 5) is 2.51. The van der Waals surface area contributed by atoms with Gasteiger partial charge in [-0.25, -0.2) is 0 Å². The summed E-state index contributed by atoms with van der Waals surface area (Å²) >= 11 is 0. The van der Waals surface area contributed by atoms with Gasteiger partial charge in [0.1, 0.15) is 0 Å². The molecule has 1 saturated heterocycles. The van der Waals surface area contributed by atoms with Gasteiger partial charge in [-0.1, -0.05) is 0 Å². The Bertz CT molecular complexity index is 156. The molecule has 1 aliphatic carbocycles. The molecule has 0 radical (unpaired) electrons. The molecule has 1 atom stereocenters. The summed E-state index contributed by atoms with van der Waals surface area (Å²) in [7, 11) is 0. The highest BCUT2D eigenvalue weighted by molar-refractivity contribution is 4.99. The molecular weight excluding hydrogens is 138 g/mol. The van der Waals surface area contributed by atoms with Gasteiger partial charge in [0.25, 0.3) is 0 Å². The lowest BCUT2D eigenvalue weighted by Gasteiger charge is -2.33. The Labute approximate surface area is 68.2 Å². The normalized spacial score (nSPS) is 39.8. The van der Waals surface area contributed by atoms with Gasteiger partial charge in [-0.2, -0.15) is 0 Å². The molecule has 0 unspecified atom stereocenters.